The summed E-state index contributed by atoms with van der Waals surface area (Å²) in [4.78, 5) is 25.8. The minimum atomic E-state index is -6.42. The number of aliphatic hydroxyl groups excluding tert-OH is 6. The molecule has 20 N–H and O–H groups in total. The number of carbonyl (C=O) groups is 2. The number of aliphatic carboxylic acids is 2. The zero-order valence-electron chi connectivity index (χ0n) is 44.6. The Morgan fingerprint density at radius 2 is 0.649 bits per heavy atom. The first-order valence-electron chi connectivity index (χ1n) is 23.8. The number of aliphatic hydroxyl groups is 6. The standard InChI is InChI=1S/C30H51N3O52S9/c34-10-4(1-71-89(53,54)55)75-27(7(11(10)35)31-86(44,45)46)79-19-12(36)13(37)29(81-22(19)24(39)40)77-16-6(3-73-91(59,60)61)76-28(9(33-88(50,51)52)18(16)84-93(65,66)67)80-20-14(38)21(85-94(68,69)70)30(82-23(20)25(41)42)78-15-5(2-72-90(56,57)58)74-26(43)8(32-87(47,48)49)17(15)83-92(62,63)64/h4-23,26-38,43H,1-3H2,(H,39,40)(H,41,42)(H,44,45,46)(H,47,48,49)(H,50,51,52)(H,53,54,55)(H,56,57,58)(H,59,60,61)(H,62,63,64)(H,65,66,67)(H,68,69,70)/t4?,5?,6?,7?,8?,9?,10-,11+,12+,13?,14-,15+,16-,17+,18-,19-,20-,21?,22?,23?,26-,27+,28+,29-,30-/m1/s1. The summed E-state index contributed by atoms with van der Waals surface area (Å²) in [5.74, 6) is -5.07. The van der Waals surface area contributed by atoms with Crippen LogP contribution in [-0.4, -0.2) is 343 Å². The Bertz CT molecular complexity index is 3750. The Hall–Kier alpha value is -2.83. The molecular weight excluding hydrogens is 1520 g/mol. The first-order valence-corrected chi connectivity index (χ1v) is 36.3. The van der Waals surface area contributed by atoms with Crippen molar-refractivity contribution < 1.29 is 235 Å². The second-order valence-corrected chi connectivity index (χ2v) is 29.0. The van der Waals surface area contributed by atoms with Crippen molar-refractivity contribution in [3.05, 3.63) is 0 Å². The zero-order chi connectivity index (χ0) is 71.9. The Labute approximate surface area is 525 Å². The summed E-state index contributed by atoms with van der Waals surface area (Å²) in [7, 11) is -53.7. The molecule has 0 radical (unpaired) electrons. The first kappa shape index (κ1) is 81.8. The fourth-order valence-electron chi connectivity index (χ4n) is 9.03. The number of carboxylic acids is 2. The monoisotopic (exact) mass is 1570 g/mol. The molecule has 0 aliphatic carbocycles. The van der Waals surface area contributed by atoms with Crippen LogP contribution < -0.4 is 14.2 Å². The van der Waals surface area contributed by atoms with E-state index >= 15 is 0 Å². The van der Waals surface area contributed by atoms with Crippen molar-refractivity contribution in [1.29, 1.82) is 0 Å². The van der Waals surface area contributed by atoms with Gasteiger partial charge >= 0.3 is 105 Å². The Balaban J connectivity index is 1.63. The van der Waals surface area contributed by atoms with E-state index in [0.717, 1.165) is 9.44 Å². The third-order valence-electron chi connectivity index (χ3n) is 12.4. The topological polar surface area (TPSA) is 860 Å². The number of rotatable bonds is 31. The van der Waals surface area contributed by atoms with Crippen molar-refractivity contribution in [3.8, 4) is 0 Å². The molecule has 0 aromatic carbocycles. The maximum atomic E-state index is 13.0. The lowest BCUT2D eigenvalue weighted by Gasteiger charge is -2.50. The summed E-state index contributed by atoms with van der Waals surface area (Å²) in [5.41, 5.74) is 0. The highest BCUT2D eigenvalue weighted by atomic mass is 32.3. The van der Waals surface area contributed by atoms with Crippen LogP contribution in [0.4, 0.5) is 0 Å². The van der Waals surface area contributed by atoms with Crippen LogP contribution in [0.3, 0.4) is 0 Å². The average molecular weight is 1570 g/mol. The van der Waals surface area contributed by atoms with Crippen LogP contribution >= 0.6 is 0 Å². The molecule has 5 saturated heterocycles. The summed E-state index contributed by atoms with van der Waals surface area (Å²) in [5, 5.41) is 87.1. The lowest BCUT2D eigenvalue weighted by atomic mass is 9.94. The van der Waals surface area contributed by atoms with Gasteiger partial charge in [-0.15, -0.1) is 0 Å². The molecular formula is C30H51N3O52S9. The molecule has 552 valence electrons. The predicted octanol–water partition coefficient (Wildman–Crippen LogP) is -14.6. The molecule has 0 saturated carbocycles. The van der Waals surface area contributed by atoms with E-state index < -0.39 is 278 Å². The van der Waals surface area contributed by atoms with E-state index in [1.165, 1.54) is 4.72 Å². The van der Waals surface area contributed by atoms with Crippen LogP contribution in [0.1, 0.15) is 0 Å². The molecule has 64 heteroatoms. The SMILES string of the molecule is O=C(O)C1O[C@@H](O[C@@H]2C(COS(=O)(=O)O)O[C@@H](O[C@H]3C(C(=O)O)O[C@@H](O[C@H]4C(COS(=O)(=O)O)O[C@@H](O)C(NS(=O)(=O)O)[C@@H]4OS(=O)(=O)O)C(OS(=O)(=O)O)[C@@H]3O)C(NS(=O)(=O)O)[C@H]2OS(=O)(=O)O)C(O)[C@H](O)[C@H]1O[C@@H]1OC(COS(=O)(=O)O)[C@@H](O)[C@@H](O)C1NS(=O)(=O)O. The van der Waals surface area contributed by atoms with Gasteiger partial charge in [0.15, 0.2) is 49.8 Å². The predicted molar refractivity (Wildman–Crippen MR) is 268 cm³/mol. The minimum absolute atomic E-state index is 1.05. The zero-order valence-corrected chi connectivity index (χ0v) is 52.0. The number of hydrogen-bond acceptors (Lipinski definition) is 41. The second-order valence-electron chi connectivity index (χ2n) is 19.0. The molecule has 0 spiro atoms. The van der Waals surface area contributed by atoms with Crippen LogP contribution in [0.5, 0.6) is 0 Å². The third kappa shape index (κ3) is 24.2. The van der Waals surface area contributed by atoms with Crippen LogP contribution in [0.2, 0.25) is 0 Å². The van der Waals surface area contributed by atoms with E-state index in [9.17, 15) is 163 Å². The van der Waals surface area contributed by atoms with Gasteiger partial charge in [0.1, 0.15) is 104 Å². The van der Waals surface area contributed by atoms with E-state index in [1.807, 2.05) is 0 Å². The molecule has 5 heterocycles. The first-order chi connectivity index (χ1) is 42.3. The Morgan fingerprint density at radius 3 is 1.06 bits per heavy atom. The molecule has 5 aliphatic heterocycles. The molecule has 0 aromatic heterocycles. The van der Waals surface area contributed by atoms with Gasteiger partial charge in [-0.2, -0.15) is 89.9 Å². The van der Waals surface area contributed by atoms with E-state index in [1.54, 1.807) is 0 Å². The smallest absolute Gasteiger partial charge is 0.397 e. The number of carboxylic acid groups (broad SMARTS) is 2. The maximum Gasteiger partial charge on any atom is 0.397 e. The van der Waals surface area contributed by atoms with E-state index in [2.05, 4.69) is 25.1 Å². The van der Waals surface area contributed by atoms with E-state index in [4.69, 9.17) is 47.2 Å². The lowest BCUT2D eigenvalue weighted by molar-refractivity contribution is -0.372. The Morgan fingerprint density at radius 1 is 0.319 bits per heavy atom. The fourth-order valence-corrected chi connectivity index (χ4v) is 13.2. The van der Waals surface area contributed by atoms with Gasteiger partial charge in [0.25, 0.3) is 0 Å². The fraction of sp³-hybridized carbons (Fsp3) is 0.933. The van der Waals surface area contributed by atoms with Gasteiger partial charge in [-0.1, -0.05) is 0 Å². The van der Waals surface area contributed by atoms with Crippen LogP contribution in [0.25, 0.3) is 0 Å². The lowest BCUT2D eigenvalue weighted by Crippen LogP contribution is -2.71. The van der Waals surface area contributed by atoms with Crippen LogP contribution in [0.15, 0.2) is 0 Å². The van der Waals surface area contributed by atoms with Gasteiger partial charge in [-0.25, -0.2) is 34.7 Å². The molecule has 0 aromatic rings. The summed E-state index contributed by atoms with van der Waals surface area (Å²) < 4.78 is 379. The molecule has 10 unspecified atom stereocenters. The van der Waals surface area contributed by atoms with Crippen molar-refractivity contribution in [2.45, 2.75) is 153 Å². The Kier molecular flexibility index (Phi) is 26.6. The maximum absolute atomic E-state index is 13.0. The van der Waals surface area contributed by atoms with Gasteiger partial charge in [-0.05, 0) is 0 Å². The molecule has 5 aliphatic rings. The van der Waals surface area contributed by atoms with Crippen molar-refractivity contribution in [2.24, 2.45) is 0 Å². The largest absolute Gasteiger partial charge is 0.479 e. The van der Waals surface area contributed by atoms with Gasteiger partial charge in [0.05, 0.1) is 19.8 Å². The van der Waals surface area contributed by atoms with Crippen LogP contribution in [0, 0.1) is 0 Å². The average Bonchev–Trinajstić information content (AvgIpc) is 0.764. The molecule has 0 bridgehead atoms. The number of nitrogens with one attached hydrogen (secondary N) is 3. The summed E-state index contributed by atoms with van der Waals surface area (Å²) in [6, 6.07) is -8.85. The second kappa shape index (κ2) is 30.6. The van der Waals surface area contributed by atoms with E-state index in [-0.39, 0.29) is 0 Å². The molecule has 0 amide bonds. The van der Waals surface area contributed by atoms with Crippen molar-refractivity contribution in [3.63, 3.8) is 0 Å². The third-order valence-corrected chi connectivity index (χ3v) is 16.8. The molecule has 55 nitrogen and oxygen atoms in total. The van der Waals surface area contributed by atoms with E-state index in [0.29, 0.717) is 0 Å². The number of hydrogen-bond donors (Lipinski definition) is 20. The van der Waals surface area contributed by atoms with Crippen molar-refractivity contribution in [1.82, 2.24) is 14.2 Å². The van der Waals surface area contributed by atoms with Gasteiger partial charge in [0, 0.05) is 0 Å². The summed E-state index contributed by atoms with van der Waals surface area (Å²) >= 11 is 0. The van der Waals surface area contributed by atoms with Crippen molar-refractivity contribution in [2.75, 3.05) is 19.8 Å². The summed E-state index contributed by atoms with van der Waals surface area (Å²) in [6.07, 6.45) is -67.2. The molecule has 5 rings (SSSR count). The quantitative estimate of drug-likeness (QED) is 0.0287. The molecule has 94 heavy (non-hydrogen) atoms. The number of ether oxygens (including phenoxy) is 9. The van der Waals surface area contributed by atoms with Crippen LogP contribution in [-0.2, 0) is 171 Å². The van der Waals surface area contributed by atoms with Gasteiger partial charge < -0.3 is 83.5 Å². The normalized spacial score (nSPS) is 38.0. The molecule has 25 atom stereocenters. The molecule has 5 fully saturated rings. The highest BCUT2D eigenvalue weighted by Gasteiger charge is 2.62. The summed E-state index contributed by atoms with van der Waals surface area (Å²) in [6.45, 7) is -5.43. The van der Waals surface area contributed by atoms with Crippen molar-refractivity contribution >= 4 is 105 Å². The highest BCUT2D eigenvalue weighted by molar-refractivity contribution is 7.84. The van der Waals surface area contributed by atoms with Gasteiger partial charge in [-0.3, -0.25) is 41.0 Å². The van der Waals surface area contributed by atoms with Gasteiger partial charge in [0.2, 0.25) is 0 Å². The minimum Gasteiger partial charge on any atom is -0.479 e. The highest BCUT2D eigenvalue weighted by Crippen LogP contribution is 2.39.